The molecule has 1 aromatic carbocycles. The van der Waals surface area contributed by atoms with Crippen molar-refractivity contribution in [2.24, 2.45) is 5.92 Å². The van der Waals surface area contributed by atoms with Crippen LogP contribution in [0.1, 0.15) is 45.3 Å². The number of aliphatic hydroxyl groups excluding tert-OH is 1. The van der Waals surface area contributed by atoms with Crippen molar-refractivity contribution in [1.29, 1.82) is 0 Å². The van der Waals surface area contributed by atoms with Gasteiger partial charge in [-0.3, -0.25) is 0 Å². The Hall–Kier alpha value is -1.98. The van der Waals surface area contributed by atoms with Gasteiger partial charge in [-0.2, -0.15) is 0 Å². The summed E-state index contributed by atoms with van der Waals surface area (Å²) >= 11 is 1.64. The average Bonchev–Trinajstić information content (AvgIpc) is 3.22. The van der Waals surface area contributed by atoms with E-state index in [4.69, 9.17) is 4.98 Å². The highest BCUT2D eigenvalue weighted by atomic mass is 32.1. The van der Waals surface area contributed by atoms with E-state index in [1.54, 1.807) is 11.3 Å². The molecule has 0 aliphatic heterocycles. The standard InChI is InChI=1S/C20H25N3OS/c1-13(2)16-11-25-20(22-16)19-18(15-8-6-5-7-9-15)21-12-23(19)17(10-24)14(3)4/h5-9,11-14,17,24H,10H2,1-4H3. The summed E-state index contributed by atoms with van der Waals surface area (Å²) < 4.78 is 2.09. The Morgan fingerprint density at radius 3 is 2.40 bits per heavy atom. The highest BCUT2D eigenvalue weighted by Gasteiger charge is 2.24. The second kappa shape index (κ2) is 7.50. The summed E-state index contributed by atoms with van der Waals surface area (Å²) in [5.74, 6) is 0.686. The molecule has 0 fully saturated rings. The van der Waals surface area contributed by atoms with Crippen LogP contribution in [0.2, 0.25) is 0 Å². The molecule has 1 N–H and O–H groups in total. The highest BCUT2D eigenvalue weighted by molar-refractivity contribution is 7.13. The van der Waals surface area contributed by atoms with E-state index in [-0.39, 0.29) is 12.6 Å². The van der Waals surface area contributed by atoms with E-state index in [1.165, 1.54) is 0 Å². The van der Waals surface area contributed by atoms with Crippen LogP contribution in [-0.4, -0.2) is 26.2 Å². The third kappa shape index (κ3) is 3.53. The molecule has 0 amide bonds. The van der Waals surface area contributed by atoms with Gasteiger partial charge in [-0.15, -0.1) is 11.3 Å². The van der Waals surface area contributed by atoms with Gasteiger partial charge in [0.15, 0.2) is 0 Å². The summed E-state index contributed by atoms with van der Waals surface area (Å²) in [5.41, 5.74) is 4.08. The summed E-state index contributed by atoms with van der Waals surface area (Å²) in [7, 11) is 0. The monoisotopic (exact) mass is 355 g/mol. The zero-order chi connectivity index (χ0) is 18.0. The van der Waals surface area contributed by atoms with Crippen molar-refractivity contribution in [3.8, 4) is 22.0 Å². The average molecular weight is 356 g/mol. The van der Waals surface area contributed by atoms with E-state index in [0.29, 0.717) is 11.8 Å². The zero-order valence-corrected chi connectivity index (χ0v) is 16.0. The molecule has 132 valence electrons. The van der Waals surface area contributed by atoms with Crippen LogP contribution in [0.5, 0.6) is 0 Å². The van der Waals surface area contributed by atoms with Gasteiger partial charge in [0.25, 0.3) is 0 Å². The predicted molar refractivity (Wildman–Crippen MR) is 104 cm³/mol. The first-order valence-electron chi connectivity index (χ1n) is 8.71. The normalized spacial score (nSPS) is 12.9. The predicted octanol–water partition coefficient (Wildman–Crippen LogP) is 4.99. The van der Waals surface area contributed by atoms with Gasteiger partial charge in [0, 0.05) is 10.9 Å². The summed E-state index contributed by atoms with van der Waals surface area (Å²) in [5, 5.41) is 13.0. The largest absolute Gasteiger partial charge is 0.394 e. The number of hydrogen-bond donors (Lipinski definition) is 1. The maximum atomic E-state index is 9.93. The van der Waals surface area contributed by atoms with Crippen molar-refractivity contribution in [1.82, 2.24) is 14.5 Å². The molecule has 3 rings (SSSR count). The molecule has 1 atom stereocenters. The number of thiazole rings is 1. The molecule has 5 heteroatoms. The molecule has 25 heavy (non-hydrogen) atoms. The number of aromatic nitrogens is 3. The Morgan fingerprint density at radius 1 is 1.12 bits per heavy atom. The van der Waals surface area contributed by atoms with E-state index >= 15 is 0 Å². The van der Waals surface area contributed by atoms with Crippen molar-refractivity contribution < 1.29 is 5.11 Å². The zero-order valence-electron chi connectivity index (χ0n) is 15.2. The van der Waals surface area contributed by atoms with E-state index in [1.807, 2.05) is 24.5 Å². The minimum absolute atomic E-state index is 0.0219. The van der Waals surface area contributed by atoms with Crippen LogP contribution in [0, 0.1) is 5.92 Å². The van der Waals surface area contributed by atoms with Crippen LogP contribution in [0.4, 0.5) is 0 Å². The lowest BCUT2D eigenvalue weighted by Gasteiger charge is -2.22. The molecule has 1 unspecified atom stereocenters. The Balaban J connectivity index is 2.19. The van der Waals surface area contributed by atoms with Crippen LogP contribution in [0.3, 0.4) is 0 Å². The fourth-order valence-corrected chi connectivity index (χ4v) is 3.94. The molecule has 0 radical (unpaired) electrons. The van der Waals surface area contributed by atoms with E-state index in [2.05, 4.69) is 54.8 Å². The Kier molecular flexibility index (Phi) is 5.35. The van der Waals surface area contributed by atoms with Gasteiger partial charge in [0.05, 0.1) is 30.4 Å². The third-order valence-corrected chi connectivity index (χ3v) is 5.34. The third-order valence-electron chi connectivity index (χ3n) is 4.47. The molecule has 2 heterocycles. The van der Waals surface area contributed by atoms with Gasteiger partial charge in [-0.1, -0.05) is 58.0 Å². The molecule has 3 aromatic rings. The van der Waals surface area contributed by atoms with Gasteiger partial charge in [-0.25, -0.2) is 9.97 Å². The number of aliphatic hydroxyl groups is 1. The molecule has 0 bridgehead atoms. The van der Waals surface area contributed by atoms with Gasteiger partial charge >= 0.3 is 0 Å². The minimum Gasteiger partial charge on any atom is -0.394 e. The summed E-state index contributed by atoms with van der Waals surface area (Å²) in [4.78, 5) is 9.54. The van der Waals surface area contributed by atoms with Gasteiger partial charge in [-0.05, 0) is 11.8 Å². The molecule has 0 aliphatic carbocycles. The van der Waals surface area contributed by atoms with Gasteiger partial charge < -0.3 is 9.67 Å². The van der Waals surface area contributed by atoms with E-state index in [0.717, 1.165) is 27.7 Å². The summed E-state index contributed by atoms with van der Waals surface area (Å²) in [6.07, 6.45) is 1.84. The highest BCUT2D eigenvalue weighted by Crippen LogP contribution is 2.37. The van der Waals surface area contributed by atoms with Gasteiger partial charge in [0.1, 0.15) is 10.7 Å². The lowest BCUT2D eigenvalue weighted by atomic mass is 10.0. The Morgan fingerprint density at radius 2 is 1.84 bits per heavy atom. The first-order chi connectivity index (χ1) is 12.0. The van der Waals surface area contributed by atoms with Gasteiger partial charge in [0.2, 0.25) is 0 Å². The summed E-state index contributed by atoms with van der Waals surface area (Å²) in [6, 6.07) is 10.2. The molecule has 0 spiro atoms. The SMILES string of the molecule is CC(C)c1csc(-c2c(-c3ccccc3)ncn2C(CO)C(C)C)n1. The van der Waals surface area contributed by atoms with Crippen molar-refractivity contribution in [3.05, 3.63) is 47.7 Å². The number of hydrogen-bond acceptors (Lipinski definition) is 4. The Labute approximate surface area is 153 Å². The number of imidazole rings is 1. The van der Waals surface area contributed by atoms with Crippen LogP contribution in [0.25, 0.3) is 22.0 Å². The Bertz CT molecular complexity index is 821. The van der Waals surface area contributed by atoms with E-state index in [9.17, 15) is 5.11 Å². The van der Waals surface area contributed by atoms with Crippen LogP contribution in [0.15, 0.2) is 42.0 Å². The molecule has 0 saturated carbocycles. The molecular formula is C20H25N3OS. The quantitative estimate of drug-likeness (QED) is 0.678. The molecule has 4 nitrogen and oxygen atoms in total. The summed E-state index contributed by atoms with van der Waals surface area (Å²) in [6.45, 7) is 8.62. The lowest BCUT2D eigenvalue weighted by Crippen LogP contribution is -2.19. The van der Waals surface area contributed by atoms with Crippen LogP contribution in [-0.2, 0) is 0 Å². The first kappa shape index (κ1) is 17.8. The van der Waals surface area contributed by atoms with Crippen molar-refractivity contribution >= 4 is 11.3 Å². The van der Waals surface area contributed by atoms with Crippen molar-refractivity contribution in [3.63, 3.8) is 0 Å². The van der Waals surface area contributed by atoms with Crippen molar-refractivity contribution in [2.75, 3.05) is 6.61 Å². The second-order valence-corrected chi connectivity index (χ2v) is 7.80. The molecular weight excluding hydrogens is 330 g/mol. The fourth-order valence-electron chi connectivity index (χ4n) is 2.91. The first-order valence-corrected chi connectivity index (χ1v) is 9.59. The lowest BCUT2D eigenvalue weighted by molar-refractivity contribution is 0.194. The molecule has 2 aromatic heterocycles. The molecule has 0 saturated heterocycles. The van der Waals surface area contributed by atoms with Crippen molar-refractivity contribution in [2.45, 2.75) is 39.7 Å². The number of rotatable bonds is 6. The number of nitrogens with zero attached hydrogens (tertiary/aromatic N) is 3. The topological polar surface area (TPSA) is 50.9 Å². The van der Waals surface area contributed by atoms with Crippen LogP contribution < -0.4 is 0 Å². The maximum absolute atomic E-state index is 9.93. The smallest absolute Gasteiger partial charge is 0.142 e. The molecule has 0 aliphatic rings. The second-order valence-electron chi connectivity index (χ2n) is 6.94. The maximum Gasteiger partial charge on any atom is 0.142 e. The van der Waals surface area contributed by atoms with E-state index < -0.39 is 0 Å². The number of benzene rings is 1. The fraction of sp³-hybridized carbons (Fsp3) is 0.400. The van der Waals surface area contributed by atoms with Crippen LogP contribution >= 0.6 is 11.3 Å². The minimum atomic E-state index is -0.0219.